The maximum atomic E-state index is 12.3. The lowest BCUT2D eigenvalue weighted by atomic mass is 10.2. The van der Waals surface area contributed by atoms with Crippen LogP contribution in [0.5, 0.6) is 5.75 Å². The number of unbranched alkanes of at least 4 members (excludes halogenated alkanes) is 2. The van der Waals surface area contributed by atoms with Crippen LogP contribution < -0.4 is 10.1 Å². The second-order valence-electron chi connectivity index (χ2n) is 5.19. The zero-order valence-corrected chi connectivity index (χ0v) is 14.5. The van der Waals surface area contributed by atoms with Crippen molar-refractivity contribution in [2.45, 2.75) is 39.5 Å². The third-order valence-electron chi connectivity index (χ3n) is 3.40. The number of carbonyl (C=O) groups is 1. The van der Waals surface area contributed by atoms with Gasteiger partial charge in [-0.15, -0.1) is 0 Å². The molecule has 0 fully saturated rings. The molecule has 0 spiro atoms. The molecule has 4 nitrogen and oxygen atoms in total. The van der Waals surface area contributed by atoms with E-state index in [4.69, 9.17) is 17.0 Å². The van der Waals surface area contributed by atoms with E-state index in [1.807, 2.05) is 6.07 Å². The first-order chi connectivity index (χ1) is 10.6. The molecule has 0 saturated heterocycles. The first-order valence-electron chi connectivity index (χ1n) is 7.86. The van der Waals surface area contributed by atoms with Crippen molar-refractivity contribution < 1.29 is 9.53 Å². The van der Waals surface area contributed by atoms with Crippen LogP contribution in [0.2, 0.25) is 0 Å². The fourth-order valence-corrected chi connectivity index (χ4v) is 2.30. The van der Waals surface area contributed by atoms with E-state index >= 15 is 0 Å². The van der Waals surface area contributed by atoms with Gasteiger partial charge in [0.2, 0.25) is 0 Å². The van der Waals surface area contributed by atoms with E-state index in [-0.39, 0.29) is 5.91 Å². The van der Waals surface area contributed by atoms with Crippen molar-refractivity contribution in [2.24, 2.45) is 0 Å². The van der Waals surface area contributed by atoms with Gasteiger partial charge in [-0.05, 0) is 43.3 Å². The zero-order valence-electron chi connectivity index (χ0n) is 13.7. The van der Waals surface area contributed by atoms with Crippen LogP contribution >= 0.6 is 12.2 Å². The Morgan fingerprint density at radius 1 is 1.23 bits per heavy atom. The number of ether oxygens (including phenoxy) is 1. The summed E-state index contributed by atoms with van der Waals surface area (Å²) in [6, 6.07) is 7.07. The topological polar surface area (TPSA) is 41.6 Å². The lowest BCUT2D eigenvalue weighted by Gasteiger charge is -2.25. The van der Waals surface area contributed by atoms with E-state index in [0.29, 0.717) is 16.4 Å². The van der Waals surface area contributed by atoms with Crippen LogP contribution in [-0.2, 0) is 0 Å². The van der Waals surface area contributed by atoms with Crippen LogP contribution in [-0.4, -0.2) is 36.1 Å². The minimum Gasteiger partial charge on any atom is -0.497 e. The predicted octanol–water partition coefficient (Wildman–Crippen LogP) is 3.61. The van der Waals surface area contributed by atoms with Crippen LogP contribution in [0.4, 0.5) is 0 Å². The monoisotopic (exact) mass is 322 g/mol. The Morgan fingerprint density at radius 2 is 1.86 bits per heavy atom. The molecule has 0 saturated carbocycles. The Labute approximate surface area is 138 Å². The van der Waals surface area contributed by atoms with Crippen LogP contribution in [0.1, 0.15) is 49.9 Å². The molecule has 5 heteroatoms. The highest BCUT2D eigenvalue weighted by atomic mass is 32.1. The number of amides is 1. The number of methoxy groups -OCH3 is 1. The van der Waals surface area contributed by atoms with Gasteiger partial charge in [0.15, 0.2) is 5.11 Å². The molecule has 0 aliphatic carbocycles. The average Bonchev–Trinajstić information content (AvgIpc) is 2.54. The fourth-order valence-electron chi connectivity index (χ4n) is 2.03. The van der Waals surface area contributed by atoms with Gasteiger partial charge < -0.3 is 9.64 Å². The SMILES string of the molecule is CCCCN(CCCC)C(=S)NC(=O)c1cccc(OC)c1. The van der Waals surface area contributed by atoms with Crippen molar-refractivity contribution in [3.8, 4) is 5.75 Å². The standard InChI is InChI=1S/C17H26N2O2S/c1-4-6-11-19(12-7-5-2)17(22)18-16(20)14-9-8-10-15(13-14)21-3/h8-10,13H,4-7,11-12H2,1-3H3,(H,18,20,22). The highest BCUT2D eigenvalue weighted by Gasteiger charge is 2.13. The quantitative estimate of drug-likeness (QED) is 0.742. The summed E-state index contributed by atoms with van der Waals surface area (Å²) in [5.74, 6) is 0.467. The smallest absolute Gasteiger partial charge is 0.257 e. The van der Waals surface area contributed by atoms with Gasteiger partial charge in [0, 0.05) is 18.7 Å². The molecule has 1 rings (SSSR count). The Balaban J connectivity index is 2.67. The predicted molar refractivity (Wildman–Crippen MR) is 94.4 cm³/mol. The van der Waals surface area contributed by atoms with E-state index in [1.165, 1.54) is 0 Å². The molecule has 0 aromatic heterocycles. The highest BCUT2D eigenvalue weighted by Crippen LogP contribution is 2.12. The van der Waals surface area contributed by atoms with Gasteiger partial charge in [-0.1, -0.05) is 32.8 Å². The van der Waals surface area contributed by atoms with Gasteiger partial charge in [0.1, 0.15) is 5.75 Å². The Morgan fingerprint density at radius 3 is 2.41 bits per heavy atom. The molecule has 22 heavy (non-hydrogen) atoms. The molecule has 0 unspecified atom stereocenters. The van der Waals surface area contributed by atoms with E-state index in [1.54, 1.807) is 25.3 Å². The molecular weight excluding hydrogens is 296 g/mol. The summed E-state index contributed by atoms with van der Waals surface area (Å²) < 4.78 is 5.14. The molecule has 0 atom stereocenters. The molecule has 1 amide bonds. The fraction of sp³-hybridized carbons (Fsp3) is 0.529. The van der Waals surface area contributed by atoms with Crippen molar-refractivity contribution >= 4 is 23.2 Å². The van der Waals surface area contributed by atoms with Gasteiger partial charge >= 0.3 is 0 Å². The summed E-state index contributed by atoms with van der Waals surface area (Å²) >= 11 is 5.40. The van der Waals surface area contributed by atoms with Crippen LogP contribution in [0.3, 0.4) is 0 Å². The number of hydrogen-bond donors (Lipinski definition) is 1. The Hall–Kier alpha value is -1.62. The number of hydrogen-bond acceptors (Lipinski definition) is 3. The normalized spacial score (nSPS) is 10.1. The Kier molecular flexibility index (Phi) is 8.51. The molecule has 1 aromatic rings. The van der Waals surface area contributed by atoms with E-state index < -0.39 is 0 Å². The lowest BCUT2D eigenvalue weighted by molar-refractivity contribution is 0.0972. The largest absolute Gasteiger partial charge is 0.497 e. The number of carbonyl (C=O) groups excluding carboxylic acids is 1. The van der Waals surface area contributed by atoms with Gasteiger partial charge in [-0.2, -0.15) is 0 Å². The Bertz CT molecular complexity index is 483. The van der Waals surface area contributed by atoms with E-state index in [9.17, 15) is 4.79 Å². The summed E-state index contributed by atoms with van der Waals surface area (Å²) in [7, 11) is 1.58. The highest BCUT2D eigenvalue weighted by molar-refractivity contribution is 7.80. The van der Waals surface area contributed by atoms with Crippen LogP contribution in [0.15, 0.2) is 24.3 Å². The molecule has 1 aromatic carbocycles. The summed E-state index contributed by atoms with van der Waals surface area (Å²) in [5, 5.41) is 3.34. The third-order valence-corrected chi connectivity index (χ3v) is 3.76. The summed E-state index contributed by atoms with van der Waals surface area (Å²) in [6.07, 6.45) is 4.35. The minimum atomic E-state index is -0.193. The molecule has 1 N–H and O–H groups in total. The maximum absolute atomic E-state index is 12.3. The third kappa shape index (κ3) is 6.02. The van der Waals surface area contributed by atoms with Crippen molar-refractivity contribution in [2.75, 3.05) is 20.2 Å². The number of rotatable bonds is 8. The second-order valence-corrected chi connectivity index (χ2v) is 5.57. The average molecular weight is 322 g/mol. The number of benzene rings is 1. The second kappa shape index (κ2) is 10.2. The van der Waals surface area contributed by atoms with Crippen molar-refractivity contribution in [1.29, 1.82) is 0 Å². The molecule has 0 heterocycles. The summed E-state index contributed by atoms with van der Waals surface area (Å²) in [5.41, 5.74) is 0.549. The first kappa shape index (κ1) is 18.4. The first-order valence-corrected chi connectivity index (χ1v) is 8.27. The van der Waals surface area contributed by atoms with Gasteiger partial charge in [0.25, 0.3) is 5.91 Å². The summed E-state index contributed by atoms with van der Waals surface area (Å²) in [4.78, 5) is 14.4. The van der Waals surface area contributed by atoms with E-state index in [0.717, 1.165) is 38.8 Å². The van der Waals surface area contributed by atoms with Crippen LogP contribution in [0, 0.1) is 0 Å². The number of nitrogens with zero attached hydrogens (tertiary/aromatic N) is 1. The number of nitrogens with one attached hydrogen (secondary N) is 1. The van der Waals surface area contributed by atoms with Crippen molar-refractivity contribution in [1.82, 2.24) is 10.2 Å². The van der Waals surface area contributed by atoms with Crippen molar-refractivity contribution in [3.05, 3.63) is 29.8 Å². The molecular formula is C17H26N2O2S. The molecule has 0 aliphatic rings. The molecule has 0 aliphatic heterocycles. The molecule has 122 valence electrons. The zero-order chi connectivity index (χ0) is 16.4. The minimum absolute atomic E-state index is 0.193. The number of thiocarbonyl (C=S) groups is 1. The lowest BCUT2D eigenvalue weighted by Crippen LogP contribution is -2.43. The summed E-state index contributed by atoms with van der Waals surface area (Å²) in [6.45, 7) is 6.06. The maximum Gasteiger partial charge on any atom is 0.257 e. The van der Waals surface area contributed by atoms with Gasteiger partial charge in [-0.25, -0.2) is 0 Å². The van der Waals surface area contributed by atoms with Crippen LogP contribution in [0.25, 0.3) is 0 Å². The molecule has 0 radical (unpaired) electrons. The van der Waals surface area contributed by atoms with Gasteiger partial charge in [0.05, 0.1) is 7.11 Å². The van der Waals surface area contributed by atoms with E-state index in [2.05, 4.69) is 24.1 Å². The van der Waals surface area contributed by atoms with Crippen molar-refractivity contribution in [3.63, 3.8) is 0 Å². The molecule has 0 bridgehead atoms. The van der Waals surface area contributed by atoms with Gasteiger partial charge in [-0.3, -0.25) is 10.1 Å².